The number of aromatic nitrogens is 4. The van der Waals surface area contributed by atoms with Gasteiger partial charge in [-0.25, -0.2) is 4.68 Å². The van der Waals surface area contributed by atoms with Crippen LogP contribution in [0.25, 0.3) is 0 Å². The van der Waals surface area contributed by atoms with Crippen LogP contribution in [0.3, 0.4) is 0 Å². The van der Waals surface area contributed by atoms with Gasteiger partial charge in [-0.15, -0.1) is 0 Å². The molecule has 1 aromatic carbocycles. The van der Waals surface area contributed by atoms with Crippen molar-refractivity contribution in [3.05, 3.63) is 46.2 Å². The van der Waals surface area contributed by atoms with Crippen LogP contribution in [0.5, 0.6) is 0 Å². The zero-order chi connectivity index (χ0) is 16.0. The first-order chi connectivity index (χ1) is 11.1. The lowest BCUT2D eigenvalue weighted by atomic mass is 9.98. The summed E-state index contributed by atoms with van der Waals surface area (Å²) in [6.45, 7) is 3.06. The van der Waals surface area contributed by atoms with E-state index < -0.39 is 0 Å². The number of hydrogen-bond donors (Lipinski definition) is 0. The maximum Gasteiger partial charge on any atom is 0.249 e. The van der Waals surface area contributed by atoms with Crippen LogP contribution in [-0.4, -0.2) is 39.3 Å². The average molecular weight is 308 g/mol. The van der Waals surface area contributed by atoms with E-state index in [0.717, 1.165) is 22.4 Å². The molecular formula is C16H16N6O. The quantitative estimate of drug-likeness (QED) is 0.850. The number of rotatable bonds is 3. The predicted molar refractivity (Wildman–Crippen MR) is 85.4 cm³/mol. The van der Waals surface area contributed by atoms with E-state index >= 15 is 0 Å². The highest BCUT2D eigenvalue weighted by Gasteiger charge is 2.26. The fourth-order valence-corrected chi connectivity index (χ4v) is 3.02. The van der Waals surface area contributed by atoms with Crippen molar-refractivity contribution in [1.82, 2.24) is 20.2 Å². The first-order valence-electron chi connectivity index (χ1n) is 7.48. The number of ketones is 1. The van der Waals surface area contributed by atoms with E-state index in [-0.39, 0.29) is 5.78 Å². The Balaban J connectivity index is 1.59. The van der Waals surface area contributed by atoms with E-state index in [1.165, 1.54) is 5.56 Å². The summed E-state index contributed by atoms with van der Waals surface area (Å²) in [7, 11) is 1.87. The second-order valence-electron chi connectivity index (χ2n) is 5.86. The van der Waals surface area contributed by atoms with Crippen LogP contribution < -0.4 is 4.90 Å². The highest BCUT2D eigenvalue weighted by molar-refractivity contribution is 5.98. The molecule has 0 atom stereocenters. The van der Waals surface area contributed by atoms with E-state index in [1.54, 1.807) is 4.68 Å². The standard InChI is InChI=1S/C16H16N6O/c1-10-14(9-22-16(21(10)2)18-19-20-22)15(23)6-11-3-4-12-7-17-8-13(12)5-11/h3-5,7H,6,8-9H2,1-2H3. The smallest absolute Gasteiger partial charge is 0.249 e. The van der Waals surface area contributed by atoms with Crippen molar-refractivity contribution in [2.75, 3.05) is 11.9 Å². The van der Waals surface area contributed by atoms with Crippen molar-refractivity contribution < 1.29 is 4.79 Å². The number of hydrogen-bond acceptors (Lipinski definition) is 6. The number of nitrogens with zero attached hydrogens (tertiary/aromatic N) is 6. The van der Waals surface area contributed by atoms with Crippen LogP contribution in [0.15, 0.2) is 34.5 Å². The molecule has 3 heterocycles. The summed E-state index contributed by atoms with van der Waals surface area (Å²) in [6.07, 6.45) is 2.26. The fourth-order valence-electron chi connectivity index (χ4n) is 3.02. The van der Waals surface area contributed by atoms with Gasteiger partial charge in [0.25, 0.3) is 0 Å². The highest BCUT2D eigenvalue weighted by Crippen LogP contribution is 2.25. The number of anilines is 1. The molecule has 0 saturated heterocycles. The van der Waals surface area contributed by atoms with Gasteiger partial charge in [-0.3, -0.25) is 9.79 Å². The molecule has 0 radical (unpaired) electrons. The number of allylic oxidation sites excluding steroid dienone is 2. The number of carbonyl (C=O) groups excluding carboxylic acids is 1. The zero-order valence-corrected chi connectivity index (χ0v) is 13.0. The largest absolute Gasteiger partial charge is 0.316 e. The van der Waals surface area contributed by atoms with Crippen LogP contribution in [-0.2, 0) is 24.3 Å². The molecule has 7 nitrogen and oxygen atoms in total. The molecule has 2 aliphatic heterocycles. The van der Waals surface area contributed by atoms with Gasteiger partial charge in [-0.2, -0.15) is 0 Å². The molecule has 4 rings (SSSR count). The van der Waals surface area contributed by atoms with Gasteiger partial charge in [0.2, 0.25) is 5.95 Å². The van der Waals surface area contributed by atoms with Crippen molar-refractivity contribution in [3.8, 4) is 0 Å². The van der Waals surface area contributed by atoms with E-state index in [9.17, 15) is 4.79 Å². The predicted octanol–water partition coefficient (Wildman–Crippen LogP) is 1.14. The maximum absolute atomic E-state index is 12.8. The number of benzene rings is 1. The number of Topliss-reactive ketones (excluding diaryl/α,β-unsaturated/α-hetero) is 1. The second kappa shape index (κ2) is 5.12. The zero-order valence-electron chi connectivity index (χ0n) is 13.0. The monoisotopic (exact) mass is 308 g/mol. The molecule has 2 aliphatic rings. The lowest BCUT2D eigenvalue weighted by Gasteiger charge is -2.26. The minimum Gasteiger partial charge on any atom is -0.316 e. The second-order valence-corrected chi connectivity index (χ2v) is 5.86. The summed E-state index contributed by atoms with van der Waals surface area (Å²) in [4.78, 5) is 18.9. The van der Waals surface area contributed by atoms with Crippen molar-refractivity contribution >= 4 is 17.9 Å². The molecule has 0 fully saturated rings. The Bertz CT molecular complexity index is 863. The van der Waals surface area contributed by atoms with E-state index in [1.807, 2.05) is 37.2 Å². The Morgan fingerprint density at radius 1 is 1.35 bits per heavy atom. The van der Waals surface area contributed by atoms with Gasteiger partial charge in [0.05, 0.1) is 13.1 Å². The van der Waals surface area contributed by atoms with Crippen LogP contribution >= 0.6 is 0 Å². The van der Waals surface area contributed by atoms with Crippen molar-refractivity contribution in [2.45, 2.75) is 26.4 Å². The molecular weight excluding hydrogens is 292 g/mol. The Kier molecular flexibility index (Phi) is 3.07. The molecule has 0 bridgehead atoms. The van der Waals surface area contributed by atoms with Gasteiger partial charge in [-0.1, -0.05) is 23.3 Å². The lowest BCUT2D eigenvalue weighted by Crippen LogP contribution is -2.30. The van der Waals surface area contributed by atoms with Gasteiger partial charge in [0, 0.05) is 31.0 Å². The Labute approximate surface area is 133 Å². The van der Waals surface area contributed by atoms with Crippen LogP contribution in [0.2, 0.25) is 0 Å². The van der Waals surface area contributed by atoms with Gasteiger partial charge in [0.1, 0.15) is 0 Å². The average Bonchev–Trinajstić information content (AvgIpc) is 3.18. The molecule has 23 heavy (non-hydrogen) atoms. The third-order valence-electron chi connectivity index (χ3n) is 4.46. The molecule has 2 aromatic rings. The molecule has 0 saturated carbocycles. The van der Waals surface area contributed by atoms with Crippen LogP contribution in [0.1, 0.15) is 23.6 Å². The lowest BCUT2D eigenvalue weighted by molar-refractivity contribution is -0.115. The molecule has 0 unspecified atom stereocenters. The van der Waals surface area contributed by atoms with E-state index in [4.69, 9.17) is 0 Å². The van der Waals surface area contributed by atoms with Gasteiger partial charge in [-0.05, 0) is 34.0 Å². The summed E-state index contributed by atoms with van der Waals surface area (Å²) in [6, 6.07) is 6.10. The number of tetrazole rings is 1. The van der Waals surface area contributed by atoms with Crippen molar-refractivity contribution in [3.63, 3.8) is 0 Å². The van der Waals surface area contributed by atoms with Gasteiger partial charge >= 0.3 is 0 Å². The SMILES string of the molecule is CC1=C(C(=O)Cc2ccc3c(c2)CN=C3)Cn2nnnc2N1C. The molecule has 0 aliphatic carbocycles. The van der Waals surface area contributed by atoms with Gasteiger partial charge in [0.15, 0.2) is 5.78 Å². The van der Waals surface area contributed by atoms with E-state index in [0.29, 0.717) is 25.5 Å². The first kappa shape index (κ1) is 13.8. The van der Waals surface area contributed by atoms with Crippen molar-refractivity contribution in [1.29, 1.82) is 0 Å². The van der Waals surface area contributed by atoms with Crippen LogP contribution in [0.4, 0.5) is 5.95 Å². The maximum atomic E-state index is 12.8. The molecule has 0 amide bonds. The van der Waals surface area contributed by atoms with Gasteiger partial charge < -0.3 is 4.90 Å². The summed E-state index contributed by atoms with van der Waals surface area (Å²) >= 11 is 0. The fraction of sp³-hybridized carbons (Fsp3) is 0.312. The molecule has 1 aromatic heterocycles. The number of carbonyl (C=O) groups is 1. The normalized spacial score (nSPS) is 15.8. The molecule has 0 spiro atoms. The first-order valence-corrected chi connectivity index (χ1v) is 7.48. The summed E-state index contributed by atoms with van der Waals surface area (Å²) in [5.74, 6) is 0.767. The third-order valence-corrected chi connectivity index (χ3v) is 4.46. The Hall–Kier alpha value is -2.83. The third kappa shape index (κ3) is 2.25. The number of aliphatic imine (C=N–C) groups is 1. The summed E-state index contributed by atoms with van der Waals surface area (Å²) < 4.78 is 1.65. The minimum absolute atomic E-state index is 0.106. The molecule has 0 N–H and O–H groups in total. The van der Waals surface area contributed by atoms with Crippen LogP contribution in [0, 0.1) is 0 Å². The molecule has 7 heteroatoms. The summed E-state index contributed by atoms with van der Waals surface area (Å²) in [5.41, 5.74) is 5.01. The molecule has 116 valence electrons. The highest BCUT2D eigenvalue weighted by atomic mass is 16.1. The Morgan fingerprint density at radius 2 is 2.22 bits per heavy atom. The topological polar surface area (TPSA) is 76.3 Å². The Morgan fingerprint density at radius 3 is 3.09 bits per heavy atom. The van der Waals surface area contributed by atoms with E-state index in [2.05, 4.69) is 26.6 Å². The summed E-state index contributed by atoms with van der Waals surface area (Å²) in [5, 5.41) is 11.6. The minimum atomic E-state index is 0.106. The van der Waals surface area contributed by atoms with Crippen molar-refractivity contribution in [2.24, 2.45) is 4.99 Å². The number of fused-ring (bicyclic) bond motifs is 2.